The van der Waals surface area contributed by atoms with Crippen molar-refractivity contribution >= 4 is 15.5 Å². The highest BCUT2D eigenvalue weighted by molar-refractivity contribution is 7.91. The van der Waals surface area contributed by atoms with E-state index in [0.29, 0.717) is 13.0 Å². The van der Waals surface area contributed by atoms with Gasteiger partial charge in [0.25, 0.3) is 0 Å². The van der Waals surface area contributed by atoms with Crippen molar-refractivity contribution in [1.82, 2.24) is 0 Å². The molecular weight excluding hydrogens is 276 g/mol. The molecule has 0 atom stereocenters. The Balaban J connectivity index is 2.31. The molecule has 1 saturated heterocycles. The number of anilines is 1. The maximum absolute atomic E-state index is 13.9. The number of aliphatic hydroxyl groups is 1. The molecule has 106 valence electrons. The summed E-state index contributed by atoms with van der Waals surface area (Å²) < 4.78 is 50.7. The van der Waals surface area contributed by atoms with Gasteiger partial charge >= 0.3 is 0 Å². The number of hydrogen-bond donors (Lipinski definition) is 1. The molecule has 4 nitrogen and oxygen atoms in total. The number of rotatable bonds is 2. The van der Waals surface area contributed by atoms with Crippen molar-refractivity contribution in [1.29, 1.82) is 0 Å². The second kappa shape index (κ2) is 5.42. The first-order valence-corrected chi connectivity index (χ1v) is 7.79. The van der Waals surface area contributed by atoms with Crippen molar-refractivity contribution in [2.75, 3.05) is 29.5 Å². The Morgan fingerprint density at radius 1 is 1.16 bits per heavy atom. The number of halogens is 2. The summed E-state index contributed by atoms with van der Waals surface area (Å²) in [5.74, 6) is -1.61. The van der Waals surface area contributed by atoms with Crippen LogP contribution >= 0.6 is 0 Å². The van der Waals surface area contributed by atoms with Crippen molar-refractivity contribution in [2.45, 2.75) is 13.0 Å². The zero-order chi connectivity index (χ0) is 14.0. The van der Waals surface area contributed by atoms with Crippen molar-refractivity contribution in [2.24, 2.45) is 0 Å². The van der Waals surface area contributed by atoms with E-state index < -0.39 is 28.1 Å². The molecular formula is C12H15F2NO3S. The minimum absolute atomic E-state index is 0.0431. The molecule has 7 heteroatoms. The van der Waals surface area contributed by atoms with Crippen LogP contribution in [0.4, 0.5) is 14.5 Å². The Morgan fingerprint density at radius 3 is 2.37 bits per heavy atom. The molecule has 0 spiro atoms. The predicted molar refractivity (Wildman–Crippen MR) is 67.8 cm³/mol. The van der Waals surface area contributed by atoms with E-state index in [9.17, 15) is 17.2 Å². The van der Waals surface area contributed by atoms with Crippen molar-refractivity contribution in [3.63, 3.8) is 0 Å². The van der Waals surface area contributed by atoms with E-state index in [0.717, 1.165) is 12.1 Å². The van der Waals surface area contributed by atoms with Gasteiger partial charge < -0.3 is 10.0 Å². The lowest BCUT2D eigenvalue weighted by atomic mass is 10.1. The Labute approximate surface area is 110 Å². The van der Waals surface area contributed by atoms with E-state index >= 15 is 0 Å². The van der Waals surface area contributed by atoms with Gasteiger partial charge in [0.05, 0.1) is 18.1 Å². The average Bonchev–Trinajstić information content (AvgIpc) is 2.50. The largest absolute Gasteiger partial charge is 0.392 e. The zero-order valence-electron chi connectivity index (χ0n) is 10.3. The quantitative estimate of drug-likeness (QED) is 0.886. The van der Waals surface area contributed by atoms with Crippen LogP contribution in [0.2, 0.25) is 0 Å². The minimum Gasteiger partial charge on any atom is -0.392 e. The van der Waals surface area contributed by atoms with E-state index in [2.05, 4.69) is 0 Å². The first kappa shape index (κ1) is 14.2. The monoisotopic (exact) mass is 291 g/mol. The topological polar surface area (TPSA) is 57.6 Å². The standard InChI is InChI=1S/C12H15F2NO3S/c13-10-6-9(8-16)7-11(14)12(10)15-2-1-4-19(17,18)5-3-15/h6-7,16H,1-5,8H2. The predicted octanol–water partition coefficient (Wildman–Crippen LogP) is 1.08. The van der Waals surface area contributed by atoms with E-state index in [-0.39, 0.29) is 29.3 Å². The Hall–Kier alpha value is -1.21. The van der Waals surface area contributed by atoms with Crippen LogP contribution in [0.3, 0.4) is 0 Å². The lowest BCUT2D eigenvalue weighted by Gasteiger charge is -2.23. The smallest absolute Gasteiger partial charge is 0.152 e. The second-order valence-corrected chi connectivity index (χ2v) is 6.86. The summed E-state index contributed by atoms with van der Waals surface area (Å²) in [4.78, 5) is 1.41. The molecule has 0 aliphatic carbocycles. The Kier molecular flexibility index (Phi) is 4.05. The summed E-state index contributed by atoms with van der Waals surface area (Å²) >= 11 is 0. The molecule has 0 amide bonds. The number of benzene rings is 1. The first-order valence-electron chi connectivity index (χ1n) is 5.97. The summed E-state index contributed by atoms with van der Waals surface area (Å²) in [6.07, 6.45) is 0.350. The van der Waals surface area contributed by atoms with Crippen LogP contribution in [0.5, 0.6) is 0 Å². The van der Waals surface area contributed by atoms with Gasteiger partial charge in [0.15, 0.2) is 9.84 Å². The third kappa shape index (κ3) is 3.22. The van der Waals surface area contributed by atoms with Crippen LogP contribution in [-0.2, 0) is 16.4 Å². The third-order valence-electron chi connectivity index (χ3n) is 3.13. The van der Waals surface area contributed by atoms with Gasteiger partial charge in [-0.15, -0.1) is 0 Å². The number of nitrogens with zero attached hydrogens (tertiary/aromatic N) is 1. The summed E-state index contributed by atoms with van der Waals surface area (Å²) in [6, 6.07) is 2.13. The SMILES string of the molecule is O=S1(=O)CCCN(c2c(F)cc(CO)cc2F)CC1. The molecule has 0 aromatic heterocycles. The molecule has 1 heterocycles. The van der Waals surface area contributed by atoms with Gasteiger partial charge in [-0.1, -0.05) is 0 Å². The molecule has 1 aliphatic rings. The fraction of sp³-hybridized carbons (Fsp3) is 0.500. The lowest BCUT2D eigenvalue weighted by molar-refractivity contribution is 0.280. The second-order valence-electron chi connectivity index (χ2n) is 4.56. The molecule has 1 aliphatic heterocycles. The Bertz CT molecular complexity index is 551. The van der Waals surface area contributed by atoms with Gasteiger partial charge in [0.1, 0.15) is 17.3 Å². The Morgan fingerprint density at radius 2 is 1.79 bits per heavy atom. The number of hydrogen-bond acceptors (Lipinski definition) is 4. The fourth-order valence-electron chi connectivity index (χ4n) is 2.17. The summed E-state index contributed by atoms with van der Waals surface area (Å²) in [7, 11) is -3.13. The highest BCUT2D eigenvalue weighted by Crippen LogP contribution is 2.26. The maximum Gasteiger partial charge on any atom is 0.152 e. The normalized spacial score (nSPS) is 19.2. The zero-order valence-corrected chi connectivity index (χ0v) is 11.1. The summed E-state index contributed by atoms with van der Waals surface area (Å²) in [6.45, 7) is -0.0668. The van der Waals surface area contributed by atoms with Crippen LogP contribution in [0, 0.1) is 11.6 Å². The van der Waals surface area contributed by atoms with Gasteiger partial charge in [-0.2, -0.15) is 0 Å². The molecule has 2 rings (SSSR count). The van der Waals surface area contributed by atoms with E-state index in [4.69, 9.17) is 5.11 Å². The van der Waals surface area contributed by atoms with Crippen LogP contribution in [-0.4, -0.2) is 38.1 Å². The average molecular weight is 291 g/mol. The van der Waals surface area contributed by atoms with Crippen LogP contribution < -0.4 is 4.90 Å². The molecule has 19 heavy (non-hydrogen) atoms. The molecule has 1 aromatic carbocycles. The van der Waals surface area contributed by atoms with Gasteiger partial charge in [0, 0.05) is 13.1 Å². The van der Waals surface area contributed by atoms with Gasteiger partial charge in [-0.3, -0.25) is 0 Å². The van der Waals surface area contributed by atoms with Crippen LogP contribution in [0.15, 0.2) is 12.1 Å². The minimum atomic E-state index is -3.13. The maximum atomic E-state index is 13.9. The highest BCUT2D eigenvalue weighted by Gasteiger charge is 2.23. The molecule has 0 radical (unpaired) electrons. The highest BCUT2D eigenvalue weighted by atomic mass is 32.2. The van der Waals surface area contributed by atoms with E-state index in [1.54, 1.807) is 0 Å². The van der Waals surface area contributed by atoms with Crippen molar-refractivity contribution in [3.05, 3.63) is 29.3 Å². The number of aliphatic hydroxyl groups excluding tert-OH is 1. The van der Waals surface area contributed by atoms with Gasteiger partial charge in [-0.25, -0.2) is 17.2 Å². The fourth-order valence-corrected chi connectivity index (χ4v) is 3.45. The van der Waals surface area contributed by atoms with Gasteiger partial charge in [-0.05, 0) is 24.1 Å². The summed E-state index contributed by atoms with van der Waals surface area (Å²) in [5.41, 5.74) is -0.0597. The summed E-state index contributed by atoms with van der Waals surface area (Å²) in [5, 5.41) is 8.88. The van der Waals surface area contributed by atoms with Crippen LogP contribution in [0.25, 0.3) is 0 Å². The van der Waals surface area contributed by atoms with Gasteiger partial charge in [0.2, 0.25) is 0 Å². The van der Waals surface area contributed by atoms with Crippen molar-refractivity contribution < 1.29 is 22.3 Å². The number of sulfone groups is 1. The first-order chi connectivity index (χ1) is 8.93. The molecule has 0 bridgehead atoms. The lowest BCUT2D eigenvalue weighted by Crippen LogP contribution is -2.28. The molecule has 1 aromatic rings. The third-order valence-corrected chi connectivity index (χ3v) is 4.85. The molecule has 1 fully saturated rings. The van der Waals surface area contributed by atoms with E-state index in [1.807, 2.05) is 0 Å². The molecule has 0 saturated carbocycles. The van der Waals surface area contributed by atoms with E-state index in [1.165, 1.54) is 4.90 Å². The van der Waals surface area contributed by atoms with Crippen LogP contribution in [0.1, 0.15) is 12.0 Å². The van der Waals surface area contributed by atoms with Crippen molar-refractivity contribution in [3.8, 4) is 0 Å². The molecule has 1 N–H and O–H groups in total. The molecule has 0 unspecified atom stereocenters.